The maximum absolute atomic E-state index is 11.5. The normalized spacial score (nSPS) is 14.7. The summed E-state index contributed by atoms with van der Waals surface area (Å²) >= 11 is 0. The van der Waals surface area contributed by atoms with Crippen molar-refractivity contribution in [2.75, 3.05) is 31.1 Å². The van der Waals surface area contributed by atoms with Crippen LogP contribution in [0.2, 0.25) is 0 Å². The summed E-state index contributed by atoms with van der Waals surface area (Å²) in [5.74, 6) is -0.223. The second-order valence-electron chi connectivity index (χ2n) is 6.48. The third-order valence-electron chi connectivity index (χ3n) is 4.72. The van der Waals surface area contributed by atoms with Crippen LogP contribution in [-0.2, 0) is 17.9 Å². The number of hydrogen-bond donors (Lipinski definition) is 1. The number of rotatable bonds is 6. The van der Waals surface area contributed by atoms with E-state index in [0.29, 0.717) is 6.54 Å². The zero-order chi connectivity index (χ0) is 18.2. The number of anilines is 1. The Bertz CT molecular complexity index is 761. The van der Waals surface area contributed by atoms with Crippen molar-refractivity contribution < 1.29 is 4.79 Å². The molecule has 1 amide bonds. The molecule has 0 unspecified atom stereocenters. The van der Waals surface area contributed by atoms with Gasteiger partial charge in [-0.2, -0.15) is 5.26 Å². The molecule has 0 aromatic heterocycles. The van der Waals surface area contributed by atoms with E-state index in [-0.39, 0.29) is 12.3 Å². The van der Waals surface area contributed by atoms with Crippen LogP contribution in [0.3, 0.4) is 0 Å². The summed E-state index contributed by atoms with van der Waals surface area (Å²) in [5.41, 5.74) is 3.63. The highest BCUT2D eigenvalue weighted by atomic mass is 16.1. The van der Waals surface area contributed by atoms with E-state index in [4.69, 9.17) is 5.26 Å². The molecule has 0 bridgehead atoms. The van der Waals surface area contributed by atoms with Gasteiger partial charge in [0, 0.05) is 45.0 Å². The van der Waals surface area contributed by atoms with Crippen LogP contribution < -0.4 is 10.2 Å². The summed E-state index contributed by atoms with van der Waals surface area (Å²) in [6, 6.07) is 20.6. The molecule has 1 aliphatic heterocycles. The summed E-state index contributed by atoms with van der Waals surface area (Å²) in [6.45, 7) is 5.43. The minimum atomic E-state index is -0.223. The molecular weight excluding hydrogens is 324 g/mol. The average Bonchev–Trinajstić information content (AvgIpc) is 2.69. The third kappa shape index (κ3) is 4.84. The second kappa shape index (κ2) is 9.02. The first kappa shape index (κ1) is 18.0. The highest BCUT2D eigenvalue weighted by Crippen LogP contribution is 2.18. The van der Waals surface area contributed by atoms with E-state index in [1.54, 1.807) is 0 Å². The van der Waals surface area contributed by atoms with Crippen LogP contribution >= 0.6 is 0 Å². The predicted octanol–water partition coefficient (Wildman–Crippen LogP) is 2.54. The number of nitriles is 1. The van der Waals surface area contributed by atoms with Crippen LogP contribution in [-0.4, -0.2) is 37.0 Å². The zero-order valence-electron chi connectivity index (χ0n) is 14.9. The van der Waals surface area contributed by atoms with Crippen molar-refractivity contribution in [2.24, 2.45) is 0 Å². The number of nitrogens with zero attached hydrogens (tertiary/aromatic N) is 3. The van der Waals surface area contributed by atoms with Crippen molar-refractivity contribution >= 4 is 11.6 Å². The molecule has 2 aromatic rings. The molecule has 0 aliphatic carbocycles. The Morgan fingerprint density at radius 3 is 2.31 bits per heavy atom. The van der Waals surface area contributed by atoms with Crippen LogP contribution in [0, 0.1) is 11.3 Å². The molecule has 2 aromatic carbocycles. The number of nitrogens with one attached hydrogen (secondary N) is 1. The monoisotopic (exact) mass is 348 g/mol. The number of benzene rings is 2. The standard InChI is InChI=1S/C21H24N4O/c22-11-10-21(26)23-16-18-6-4-5-7-19(18)17-24-12-14-25(15-13-24)20-8-2-1-3-9-20/h1-9H,10,12-17H2,(H,23,26). The molecule has 1 aliphatic rings. The molecule has 0 saturated carbocycles. The van der Waals surface area contributed by atoms with Crippen molar-refractivity contribution in [3.05, 3.63) is 65.7 Å². The number of amides is 1. The number of hydrogen-bond acceptors (Lipinski definition) is 4. The first-order valence-electron chi connectivity index (χ1n) is 8.99. The molecule has 1 fully saturated rings. The van der Waals surface area contributed by atoms with E-state index < -0.39 is 0 Å². The van der Waals surface area contributed by atoms with E-state index in [0.717, 1.165) is 38.3 Å². The lowest BCUT2D eigenvalue weighted by molar-refractivity contribution is -0.120. The lowest BCUT2D eigenvalue weighted by atomic mass is 10.1. The molecule has 0 radical (unpaired) electrons. The predicted molar refractivity (Wildman–Crippen MR) is 102 cm³/mol. The van der Waals surface area contributed by atoms with Crippen molar-refractivity contribution in [3.63, 3.8) is 0 Å². The lowest BCUT2D eigenvalue weighted by Crippen LogP contribution is -2.46. The van der Waals surface area contributed by atoms with Gasteiger partial charge in [0.1, 0.15) is 6.42 Å². The Morgan fingerprint density at radius 2 is 1.62 bits per heavy atom. The van der Waals surface area contributed by atoms with Gasteiger partial charge in [-0.25, -0.2) is 0 Å². The molecule has 1 N–H and O–H groups in total. The van der Waals surface area contributed by atoms with Gasteiger partial charge in [0.2, 0.25) is 5.91 Å². The fourth-order valence-corrected chi connectivity index (χ4v) is 3.26. The van der Waals surface area contributed by atoms with Crippen LogP contribution in [0.4, 0.5) is 5.69 Å². The van der Waals surface area contributed by atoms with Crippen molar-refractivity contribution in [1.82, 2.24) is 10.2 Å². The van der Waals surface area contributed by atoms with Gasteiger partial charge in [0.15, 0.2) is 0 Å². The third-order valence-corrected chi connectivity index (χ3v) is 4.72. The summed E-state index contributed by atoms with van der Waals surface area (Å²) in [7, 11) is 0. The van der Waals surface area contributed by atoms with E-state index in [2.05, 4.69) is 45.4 Å². The van der Waals surface area contributed by atoms with Crippen molar-refractivity contribution in [3.8, 4) is 6.07 Å². The second-order valence-corrected chi connectivity index (χ2v) is 6.48. The van der Waals surface area contributed by atoms with Crippen LogP contribution in [0.25, 0.3) is 0 Å². The molecule has 5 nitrogen and oxygen atoms in total. The van der Waals surface area contributed by atoms with Crippen molar-refractivity contribution in [2.45, 2.75) is 19.5 Å². The van der Waals surface area contributed by atoms with E-state index in [1.165, 1.54) is 11.3 Å². The largest absolute Gasteiger partial charge is 0.369 e. The van der Waals surface area contributed by atoms with Gasteiger partial charge in [0.25, 0.3) is 0 Å². The van der Waals surface area contributed by atoms with Gasteiger partial charge in [0.05, 0.1) is 6.07 Å². The summed E-state index contributed by atoms with van der Waals surface area (Å²) in [4.78, 5) is 16.4. The highest BCUT2D eigenvalue weighted by Gasteiger charge is 2.18. The average molecular weight is 348 g/mol. The quantitative estimate of drug-likeness (QED) is 0.871. The molecule has 3 rings (SSSR count). The smallest absolute Gasteiger partial charge is 0.234 e. The number of piperazine rings is 1. The Labute approximate surface area is 154 Å². The molecule has 1 heterocycles. The maximum Gasteiger partial charge on any atom is 0.234 e. The van der Waals surface area contributed by atoms with Gasteiger partial charge < -0.3 is 10.2 Å². The van der Waals surface area contributed by atoms with E-state index in [9.17, 15) is 4.79 Å². The number of carbonyl (C=O) groups excluding carboxylic acids is 1. The molecule has 134 valence electrons. The Balaban J connectivity index is 1.55. The molecule has 5 heteroatoms. The molecule has 1 saturated heterocycles. The number of para-hydroxylation sites is 1. The van der Waals surface area contributed by atoms with E-state index >= 15 is 0 Å². The van der Waals surface area contributed by atoms with Gasteiger partial charge in [-0.15, -0.1) is 0 Å². The van der Waals surface area contributed by atoms with Crippen LogP contribution in [0.5, 0.6) is 0 Å². The summed E-state index contributed by atoms with van der Waals surface area (Å²) < 4.78 is 0. The Morgan fingerprint density at radius 1 is 0.962 bits per heavy atom. The molecule has 26 heavy (non-hydrogen) atoms. The first-order chi connectivity index (χ1) is 12.8. The first-order valence-corrected chi connectivity index (χ1v) is 8.99. The summed E-state index contributed by atoms with van der Waals surface area (Å²) in [6.07, 6.45) is -0.0936. The fraction of sp³-hybridized carbons (Fsp3) is 0.333. The van der Waals surface area contributed by atoms with Gasteiger partial charge in [-0.1, -0.05) is 42.5 Å². The molecule has 0 spiro atoms. The fourth-order valence-electron chi connectivity index (χ4n) is 3.26. The Hall–Kier alpha value is -2.84. The SMILES string of the molecule is N#CCC(=O)NCc1ccccc1CN1CCN(c2ccccc2)CC1. The number of carbonyl (C=O) groups is 1. The van der Waals surface area contributed by atoms with Crippen molar-refractivity contribution in [1.29, 1.82) is 5.26 Å². The highest BCUT2D eigenvalue weighted by molar-refractivity contribution is 5.77. The minimum absolute atomic E-state index is 0.0936. The zero-order valence-corrected chi connectivity index (χ0v) is 14.9. The minimum Gasteiger partial charge on any atom is -0.369 e. The molecule has 0 atom stereocenters. The van der Waals surface area contributed by atoms with Gasteiger partial charge >= 0.3 is 0 Å². The lowest BCUT2D eigenvalue weighted by Gasteiger charge is -2.36. The maximum atomic E-state index is 11.5. The van der Waals surface area contributed by atoms with Gasteiger partial charge in [-0.3, -0.25) is 9.69 Å². The van der Waals surface area contributed by atoms with Crippen LogP contribution in [0.15, 0.2) is 54.6 Å². The Kier molecular flexibility index (Phi) is 6.24. The van der Waals surface area contributed by atoms with Gasteiger partial charge in [-0.05, 0) is 23.3 Å². The van der Waals surface area contributed by atoms with E-state index in [1.807, 2.05) is 30.3 Å². The molecular formula is C21H24N4O. The van der Waals surface area contributed by atoms with Crippen LogP contribution in [0.1, 0.15) is 17.5 Å². The summed E-state index contributed by atoms with van der Waals surface area (Å²) in [5, 5.41) is 11.4. The topological polar surface area (TPSA) is 59.4 Å².